The van der Waals surface area contributed by atoms with Crippen molar-refractivity contribution in [3.63, 3.8) is 0 Å². The van der Waals surface area contributed by atoms with Crippen LogP contribution in [0.15, 0.2) is 0 Å². The topological polar surface area (TPSA) is 60.9 Å². The molecule has 0 bridgehead atoms. The van der Waals surface area contributed by atoms with Gasteiger partial charge in [-0.2, -0.15) is 0 Å². The van der Waals surface area contributed by atoms with E-state index in [1.165, 1.54) is 4.90 Å². The van der Waals surface area contributed by atoms with Crippen molar-refractivity contribution in [1.82, 2.24) is 9.80 Å². The fourth-order valence-electron chi connectivity index (χ4n) is 2.57. The molecule has 0 aromatic heterocycles. The maximum Gasteiger partial charge on any atom is 0.323 e. The summed E-state index contributed by atoms with van der Waals surface area (Å²) in [6, 6.07) is 0.0178. The summed E-state index contributed by atoms with van der Waals surface area (Å²) in [5, 5.41) is 8.99. The Morgan fingerprint density at radius 2 is 1.89 bits per heavy atom. The van der Waals surface area contributed by atoms with Gasteiger partial charge in [-0.15, -0.1) is 0 Å². The number of carbonyl (C=O) groups is 2. The molecule has 2 amide bonds. The van der Waals surface area contributed by atoms with Crippen LogP contribution in [0.5, 0.6) is 0 Å². The normalized spacial score (nSPS) is 24.2. The minimum absolute atomic E-state index is 0.158. The van der Waals surface area contributed by atoms with Crippen LogP contribution in [0.1, 0.15) is 47.5 Å². The lowest BCUT2D eigenvalue weighted by atomic mass is 9.93. The molecule has 2 atom stereocenters. The molecule has 5 heteroatoms. The SMILES string of the molecule is CC1CCN(C(=O)N(CC(=O)O)C(C)(C)C)C(C)C1. The lowest BCUT2D eigenvalue weighted by Gasteiger charge is -2.43. The summed E-state index contributed by atoms with van der Waals surface area (Å²) in [7, 11) is 0. The average molecular weight is 270 g/mol. The van der Waals surface area contributed by atoms with Crippen LogP contribution in [-0.4, -0.2) is 51.6 Å². The Balaban J connectivity index is 2.84. The summed E-state index contributed by atoms with van der Waals surface area (Å²) < 4.78 is 0. The van der Waals surface area contributed by atoms with Crippen LogP contribution in [0.2, 0.25) is 0 Å². The molecule has 2 unspecified atom stereocenters. The lowest BCUT2D eigenvalue weighted by Crippen LogP contribution is -2.57. The van der Waals surface area contributed by atoms with Gasteiger partial charge in [0.25, 0.3) is 0 Å². The number of rotatable bonds is 2. The number of amides is 2. The first-order valence-electron chi connectivity index (χ1n) is 6.93. The van der Waals surface area contributed by atoms with Crippen molar-refractivity contribution in [2.75, 3.05) is 13.1 Å². The summed E-state index contributed by atoms with van der Waals surface area (Å²) in [6.07, 6.45) is 1.97. The van der Waals surface area contributed by atoms with E-state index in [0.29, 0.717) is 12.5 Å². The van der Waals surface area contributed by atoms with Gasteiger partial charge >= 0.3 is 12.0 Å². The summed E-state index contributed by atoms with van der Waals surface area (Å²) >= 11 is 0. The number of carboxylic acids is 1. The standard InChI is InChI=1S/C14H26N2O3/c1-10-6-7-15(11(2)8-10)13(19)16(9-12(17)18)14(3,4)5/h10-11H,6-9H2,1-5H3,(H,17,18). The molecule has 1 fully saturated rings. The van der Waals surface area contributed by atoms with Crippen LogP contribution in [-0.2, 0) is 4.79 Å². The van der Waals surface area contributed by atoms with Gasteiger partial charge in [-0.3, -0.25) is 4.79 Å². The number of likely N-dealkylation sites (tertiary alicyclic amines) is 1. The fraction of sp³-hybridized carbons (Fsp3) is 0.857. The van der Waals surface area contributed by atoms with Gasteiger partial charge in [-0.1, -0.05) is 6.92 Å². The Kier molecular flexibility index (Phi) is 4.82. The highest BCUT2D eigenvalue weighted by atomic mass is 16.4. The van der Waals surface area contributed by atoms with E-state index in [9.17, 15) is 9.59 Å². The smallest absolute Gasteiger partial charge is 0.323 e. The second-order valence-electron chi connectivity index (χ2n) is 6.61. The van der Waals surface area contributed by atoms with Gasteiger partial charge in [0.2, 0.25) is 0 Å². The van der Waals surface area contributed by atoms with Gasteiger partial charge in [0.1, 0.15) is 6.54 Å². The molecule has 0 radical (unpaired) electrons. The van der Waals surface area contributed by atoms with E-state index in [4.69, 9.17) is 5.11 Å². The second-order valence-corrected chi connectivity index (χ2v) is 6.61. The third-order valence-electron chi connectivity index (χ3n) is 3.72. The first-order chi connectivity index (χ1) is 8.62. The van der Waals surface area contributed by atoms with E-state index in [-0.39, 0.29) is 18.6 Å². The number of hydrogen-bond acceptors (Lipinski definition) is 2. The second kappa shape index (κ2) is 5.80. The number of nitrogens with zero attached hydrogens (tertiary/aromatic N) is 2. The van der Waals surface area contributed by atoms with Gasteiger partial charge in [-0.05, 0) is 46.5 Å². The van der Waals surface area contributed by atoms with Gasteiger partial charge < -0.3 is 14.9 Å². The van der Waals surface area contributed by atoms with Crippen LogP contribution < -0.4 is 0 Å². The molecule has 1 rings (SSSR count). The molecule has 5 nitrogen and oxygen atoms in total. The number of carbonyl (C=O) groups excluding carboxylic acids is 1. The monoisotopic (exact) mass is 270 g/mol. The zero-order valence-corrected chi connectivity index (χ0v) is 12.6. The van der Waals surface area contributed by atoms with Crippen LogP contribution in [0, 0.1) is 5.92 Å². The highest BCUT2D eigenvalue weighted by molar-refractivity contribution is 5.81. The molecule has 0 spiro atoms. The van der Waals surface area contributed by atoms with Gasteiger partial charge in [0, 0.05) is 18.1 Å². The number of piperidine rings is 1. The maximum absolute atomic E-state index is 12.6. The zero-order chi connectivity index (χ0) is 14.8. The summed E-state index contributed by atoms with van der Waals surface area (Å²) in [4.78, 5) is 26.8. The average Bonchev–Trinajstić information content (AvgIpc) is 2.23. The predicted molar refractivity (Wildman–Crippen MR) is 74.1 cm³/mol. The Bertz CT molecular complexity index is 349. The molecular formula is C14H26N2O3. The predicted octanol–water partition coefficient (Wildman–Crippen LogP) is 2.41. The molecule has 110 valence electrons. The summed E-state index contributed by atoms with van der Waals surface area (Å²) in [6.45, 7) is 10.3. The molecule has 19 heavy (non-hydrogen) atoms. The van der Waals surface area contributed by atoms with Gasteiger partial charge in [0.05, 0.1) is 0 Å². The Labute approximate surface area is 115 Å². The summed E-state index contributed by atoms with van der Waals surface area (Å²) in [5.41, 5.74) is -0.488. The Morgan fingerprint density at radius 1 is 1.32 bits per heavy atom. The van der Waals surface area contributed by atoms with Crippen LogP contribution >= 0.6 is 0 Å². The van der Waals surface area contributed by atoms with E-state index in [1.54, 1.807) is 0 Å². The molecule has 0 aromatic rings. The fourth-order valence-corrected chi connectivity index (χ4v) is 2.57. The van der Waals surface area contributed by atoms with Crippen molar-refractivity contribution >= 4 is 12.0 Å². The van der Waals surface area contributed by atoms with Gasteiger partial charge in [0.15, 0.2) is 0 Å². The van der Waals surface area contributed by atoms with E-state index < -0.39 is 11.5 Å². The van der Waals surface area contributed by atoms with Crippen molar-refractivity contribution in [3.8, 4) is 0 Å². The highest BCUT2D eigenvalue weighted by Gasteiger charge is 2.35. The van der Waals surface area contributed by atoms with Crippen LogP contribution in [0.25, 0.3) is 0 Å². The first kappa shape index (κ1) is 15.8. The molecule has 1 aliphatic heterocycles. The van der Waals surface area contributed by atoms with E-state index in [0.717, 1.165) is 12.8 Å². The van der Waals surface area contributed by atoms with Gasteiger partial charge in [-0.25, -0.2) is 4.79 Å². The molecule has 0 aliphatic carbocycles. The minimum atomic E-state index is -0.971. The first-order valence-corrected chi connectivity index (χ1v) is 6.93. The molecule has 1 aliphatic rings. The zero-order valence-electron chi connectivity index (χ0n) is 12.6. The molecule has 1 N–H and O–H groups in total. The van der Waals surface area contributed by atoms with E-state index in [1.807, 2.05) is 32.6 Å². The number of hydrogen-bond donors (Lipinski definition) is 1. The Morgan fingerprint density at radius 3 is 2.32 bits per heavy atom. The quantitative estimate of drug-likeness (QED) is 0.838. The molecule has 0 aromatic carbocycles. The third-order valence-corrected chi connectivity index (χ3v) is 3.72. The summed E-state index contributed by atoms with van der Waals surface area (Å²) in [5.74, 6) is -0.345. The number of aliphatic carboxylic acids is 1. The number of urea groups is 1. The lowest BCUT2D eigenvalue weighted by molar-refractivity contribution is -0.138. The van der Waals surface area contributed by atoms with Crippen molar-refractivity contribution in [3.05, 3.63) is 0 Å². The van der Waals surface area contributed by atoms with Crippen LogP contribution in [0.3, 0.4) is 0 Å². The Hall–Kier alpha value is -1.26. The highest BCUT2D eigenvalue weighted by Crippen LogP contribution is 2.25. The minimum Gasteiger partial charge on any atom is -0.480 e. The third kappa shape index (κ3) is 4.11. The molecular weight excluding hydrogens is 244 g/mol. The van der Waals surface area contributed by atoms with Crippen molar-refractivity contribution in [2.24, 2.45) is 5.92 Å². The largest absolute Gasteiger partial charge is 0.480 e. The van der Waals surface area contributed by atoms with E-state index in [2.05, 4.69) is 6.92 Å². The number of carboxylic acid groups (broad SMARTS) is 1. The van der Waals surface area contributed by atoms with E-state index >= 15 is 0 Å². The van der Waals surface area contributed by atoms with Crippen molar-refractivity contribution < 1.29 is 14.7 Å². The van der Waals surface area contributed by atoms with Crippen molar-refractivity contribution in [1.29, 1.82) is 0 Å². The molecule has 1 heterocycles. The molecule has 1 saturated heterocycles. The van der Waals surface area contributed by atoms with Crippen LogP contribution in [0.4, 0.5) is 4.79 Å². The molecule has 0 saturated carbocycles. The maximum atomic E-state index is 12.6. The van der Waals surface area contributed by atoms with Crippen molar-refractivity contribution in [2.45, 2.75) is 59.0 Å².